The standard InChI is InChI=1S/C19H24N2O6/c1-12-5-13(2)9-21(8-12)17(22)10-25-18(23)7-20-19(24)14-3-4-15-16(6-14)27-11-26-15/h3-4,6,12-13H,5,7-11H2,1-2H3,(H,20,24). The van der Waals surface area contributed by atoms with Gasteiger partial charge in [-0.25, -0.2) is 0 Å². The summed E-state index contributed by atoms with van der Waals surface area (Å²) in [5, 5.41) is 2.47. The minimum atomic E-state index is -0.657. The van der Waals surface area contributed by atoms with Crippen LogP contribution in [0, 0.1) is 11.8 Å². The van der Waals surface area contributed by atoms with Crippen molar-refractivity contribution < 1.29 is 28.6 Å². The molecule has 2 unspecified atom stereocenters. The summed E-state index contributed by atoms with van der Waals surface area (Å²) < 4.78 is 15.4. The van der Waals surface area contributed by atoms with Crippen LogP contribution < -0.4 is 14.8 Å². The van der Waals surface area contributed by atoms with Crippen molar-refractivity contribution in [2.75, 3.05) is 33.0 Å². The largest absolute Gasteiger partial charge is 0.454 e. The Labute approximate surface area is 157 Å². The van der Waals surface area contributed by atoms with Gasteiger partial charge in [0.15, 0.2) is 18.1 Å². The number of hydrogen-bond acceptors (Lipinski definition) is 6. The summed E-state index contributed by atoms with van der Waals surface area (Å²) in [4.78, 5) is 37.9. The Bertz CT molecular complexity index is 725. The van der Waals surface area contributed by atoms with Gasteiger partial charge in [-0.15, -0.1) is 0 Å². The van der Waals surface area contributed by atoms with Gasteiger partial charge in [0.25, 0.3) is 11.8 Å². The number of likely N-dealkylation sites (tertiary alicyclic amines) is 1. The quantitative estimate of drug-likeness (QED) is 0.776. The summed E-state index contributed by atoms with van der Waals surface area (Å²) in [6.07, 6.45) is 1.09. The zero-order valence-corrected chi connectivity index (χ0v) is 15.5. The highest BCUT2D eigenvalue weighted by Gasteiger charge is 2.26. The van der Waals surface area contributed by atoms with Crippen LogP contribution in [0.1, 0.15) is 30.6 Å². The van der Waals surface area contributed by atoms with Crippen LogP contribution in [-0.2, 0) is 14.3 Å². The van der Waals surface area contributed by atoms with Gasteiger partial charge in [-0.1, -0.05) is 13.8 Å². The Hall–Kier alpha value is -2.77. The number of nitrogens with zero attached hydrogens (tertiary/aromatic N) is 1. The molecule has 0 radical (unpaired) electrons. The molecule has 2 aliphatic heterocycles. The van der Waals surface area contributed by atoms with E-state index in [1.165, 1.54) is 0 Å². The van der Waals surface area contributed by atoms with Gasteiger partial charge in [0, 0.05) is 18.7 Å². The zero-order chi connectivity index (χ0) is 19.4. The predicted molar refractivity (Wildman–Crippen MR) is 95.4 cm³/mol. The number of rotatable bonds is 5. The first-order valence-electron chi connectivity index (χ1n) is 9.03. The van der Waals surface area contributed by atoms with Gasteiger partial charge in [-0.3, -0.25) is 14.4 Å². The fourth-order valence-electron chi connectivity index (χ4n) is 3.44. The Balaban J connectivity index is 1.41. The van der Waals surface area contributed by atoms with Gasteiger partial charge in [0.1, 0.15) is 6.54 Å². The predicted octanol–water partition coefficient (Wildman–Crippen LogP) is 1.19. The van der Waals surface area contributed by atoms with Crippen LogP contribution in [-0.4, -0.2) is 55.7 Å². The number of fused-ring (bicyclic) bond motifs is 1. The molecule has 3 rings (SSSR count). The van der Waals surface area contributed by atoms with Crippen molar-refractivity contribution in [1.29, 1.82) is 0 Å². The lowest BCUT2D eigenvalue weighted by molar-refractivity contribution is -0.152. The minimum absolute atomic E-state index is 0.120. The molecule has 1 fully saturated rings. The van der Waals surface area contributed by atoms with Crippen LogP contribution in [0.4, 0.5) is 0 Å². The second kappa shape index (κ2) is 8.28. The fourth-order valence-corrected chi connectivity index (χ4v) is 3.44. The zero-order valence-electron chi connectivity index (χ0n) is 15.5. The van der Waals surface area contributed by atoms with E-state index in [4.69, 9.17) is 14.2 Å². The number of carbonyl (C=O) groups is 3. The maximum atomic E-state index is 12.2. The molecule has 1 N–H and O–H groups in total. The molecule has 1 aromatic rings. The molecule has 2 aliphatic rings. The van der Waals surface area contributed by atoms with E-state index in [2.05, 4.69) is 19.2 Å². The monoisotopic (exact) mass is 376 g/mol. The van der Waals surface area contributed by atoms with Crippen molar-refractivity contribution >= 4 is 17.8 Å². The number of nitrogens with one attached hydrogen (secondary N) is 1. The van der Waals surface area contributed by atoms with Gasteiger partial charge in [0.2, 0.25) is 6.79 Å². The van der Waals surface area contributed by atoms with Gasteiger partial charge < -0.3 is 24.4 Å². The van der Waals surface area contributed by atoms with Gasteiger partial charge in [-0.05, 0) is 36.5 Å². The highest BCUT2D eigenvalue weighted by molar-refractivity contribution is 5.96. The van der Waals surface area contributed by atoms with Crippen LogP contribution in [0.5, 0.6) is 11.5 Å². The first-order valence-corrected chi connectivity index (χ1v) is 9.03. The van der Waals surface area contributed by atoms with E-state index >= 15 is 0 Å². The lowest BCUT2D eigenvalue weighted by Crippen LogP contribution is -2.44. The normalized spacial score (nSPS) is 20.9. The van der Waals surface area contributed by atoms with E-state index in [-0.39, 0.29) is 25.9 Å². The average Bonchev–Trinajstić information content (AvgIpc) is 3.11. The van der Waals surface area contributed by atoms with E-state index in [0.717, 1.165) is 6.42 Å². The van der Waals surface area contributed by atoms with E-state index < -0.39 is 11.9 Å². The molecule has 2 heterocycles. The van der Waals surface area contributed by atoms with Crippen molar-refractivity contribution in [3.05, 3.63) is 23.8 Å². The second-order valence-electron chi connectivity index (χ2n) is 7.16. The number of benzene rings is 1. The Morgan fingerprint density at radius 3 is 2.59 bits per heavy atom. The molecule has 2 amide bonds. The van der Waals surface area contributed by atoms with Crippen molar-refractivity contribution in [2.45, 2.75) is 20.3 Å². The molecular formula is C19H24N2O6. The van der Waals surface area contributed by atoms with E-state index in [9.17, 15) is 14.4 Å². The summed E-state index contributed by atoms with van der Waals surface area (Å²) >= 11 is 0. The van der Waals surface area contributed by atoms with E-state index in [1.807, 2.05) is 0 Å². The van der Waals surface area contributed by atoms with Crippen LogP contribution in [0.2, 0.25) is 0 Å². The maximum absolute atomic E-state index is 12.2. The summed E-state index contributed by atoms with van der Waals surface area (Å²) in [6, 6.07) is 4.76. The Morgan fingerprint density at radius 2 is 1.85 bits per heavy atom. The molecule has 8 nitrogen and oxygen atoms in total. The third-order valence-electron chi connectivity index (χ3n) is 4.61. The number of ether oxygens (including phenoxy) is 3. The van der Waals surface area contributed by atoms with Gasteiger partial charge >= 0.3 is 5.97 Å². The highest BCUT2D eigenvalue weighted by Crippen LogP contribution is 2.32. The summed E-state index contributed by atoms with van der Waals surface area (Å²) in [6.45, 7) is 5.07. The van der Waals surface area contributed by atoms with E-state index in [0.29, 0.717) is 42.0 Å². The number of piperidine rings is 1. The molecule has 1 saturated heterocycles. The summed E-state index contributed by atoms with van der Waals surface area (Å²) in [5.74, 6) is 0.644. The Kier molecular flexibility index (Phi) is 5.83. The van der Waals surface area contributed by atoms with Gasteiger partial charge in [0.05, 0.1) is 0 Å². The van der Waals surface area contributed by atoms with Crippen molar-refractivity contribution in [3.63, 3.8) is 0 Å². The molecule has 0 spiro atoms. The fraction of sp³-hybridized carbons (Fsp3) is 0.526. The smallest absolute Gasteiger partial charge is 0.325 e. The summed E-state index contributed by atoms with van der Waals surface area (Å²) in [7, 11) is 0. The molecule has 0 aromatic heterocycles. The first kappa shape index (κ1) is 19.0. The molecule has 0 aliphatic carbocycles. The minimum Gasteiger partial charge on any atom is -0.454 e. The highest BCUT2D eigenvalue weighted by atomic mass is 16.7. The number of carbonyl (C=O) groups excluding carboxylic acids is 3. The number of hydrogen-bond donors (Lipinski definition) is 1. The first-order chi connectivity index (χ1) is 12.9. The second-order valence-corrected chi connectivity index (χ2v) is 7.16. The van der Waals surface area contributed by atoms with E-state index in [1.54, 1.807) is 23.1 Å². The molecule has 27 heavy (non-hydrogen) atoms. The van der Waals surface area contributed by atoms with Crippen molar-refractivity contribution in [2.24, 2.45) is 11.8 Å². The SMILES string of the molecule is CC1CC(C)CN(C(=O)COC(=O)CNC(=O)c2ccc3c(c2)OCO3)C1. The van der Waals surface area contributed by atoms with Crippen LogP contribution in [0.3, 0.4) is 0 Å². The molecule has 1 aromatic carbocycles. The third-order valence-corrected chi connectivity index (χ3v) is 4.61. The topological polar surface area (TPSA) is 94.2 Å². The third kappa shape index (κ3) is 4.90. The molecule has 146 valence electrons. The van der Waals surface area contributed by atoms with Crippen LogP contribution in [0.25, 0.3) is 0 Å². The van der Waals surface area contributed by atoms with Gasteiger partial charge in [-0.2, -0.15) is 0 Å². The van der Waals surface area contributed by atoms with Crippen molar-refractivity contribution in [3.8, 4) is 11.5 Å². The van der Waals surface area contributed by atoms with Crippen LogP contribution >= 0.6 is 0 Å². The van der Waals surface area contributed by atoms with Crippen molar-refractivity contribution in [1.82, 2.24) is 10.2 Å². The average molecular weight is 376 g/mol. The molecule has 2 atom stereocenters. The Morgan fingerprint density at radius 1 is 1.15 bits per heavy atom. The molecule has 0 bridgehead atoms. The molecule has 8 heteroatoms. The number of amides is 2. The maximum Gasteiger partial charge on any atom is 0.325 e. The van der Waals surface area contributed by atoms with Crippen LogP contribution in [0.15, 0.2) is 18.2 Å². The molecular weight excluding hydrogens is 352 g/mol. The summed E-state index contributed by atoms with van der Waals surface area (Å²) in [5.41, 5.74) is 0.347. The lowest BCUT2D eigenvalue weighted by atomic mass is 9.92. The lowest BCUT2D eigenvalue weighted by Gasteiger charge is -2.34. The number of esters is 1. The molecule has 0 saturated carbocycles.